The lowest BCUT2D eigenvalue weighted by Crippen LogP contribution is -2.52. The maximum atomic E-state index is 13.0. The van der Waals surface area contributed by atoms with E-state index in [-0.39, 0.29) is 11.8 Å². The molecule has 1 saturated carbocycles. The van der Waals surface area contributed by atoms with E-state index >= 15 is 0 Å². The molecule has 0 unspecified atom stereocenters. The first kappa shape index (κ1) is 26.7. The van der Waals surface area contributed by atoms with Gasteiger partial charge in [0, 0.05) is 55.1 Å². The molecule has 2 aliphatic rings. The lowest BCUT2D eigenvalue weighted by molar-refractivity contribution is -0.146. The minimum Gasteiger partial charge on any atom is -0.464 e. The third-order valence-electron chi connectivity index (χ3n) is 8.21. The molecule has 1 atom stereocenters. The van der Waals surface area contributed by atoms with Crippen LogP contribution in [0.25, 0.3) is 28.2 Å². The zero-order valence-corrected chi connectivity index (χ0v) is 23.4. The van der Waals surface area contributed by atoms with E-state index in [2.05, 4.69) is 20.6 Å². The standard InChI is InChI=1S/C32H34N6O3/c1-3-41-31(40)26(36-27-18-28(39)32(27)13-5-4-6-14-32)16-21-9-11-24(12-10-21)38-29(22-17-23(33-2)20-34-19-22)37-25-8-7-15-35-30(25)38/h7-12,15,17-20,26,33,36H,3-6,13-14,16H2,1-2H3/t26-/m0/s1. The minimum atomic E-state index is -0.583. The molecule has 1 fully saturated rings. The van der Waals surface area contributed by atoms with Gasteiger partial charge in [-0.15, -0.1) is 0 Å². The summed E-state index contributed by atoms with van der Waals surface area (Å²) in [5, 5.41) is 6.55. The van der Waals surface area contributed by atoms with Crippen LogP contribution in [-0.2, 0) is 20.7 Å². The molecule has 0 amide bonds. The molecule has 0 aliphatic heterocycles. The highest BCUT2D eigenvalue weighted by Crippen LogP contribution is 2.48. The Morgan fingerprint density at radius 2 is 1.93 bits per heavy atom. The fourth-order valence-corrected chi connectivity index (χ4v) is 6.00. The summed E-state index contributed by atoms with van der Waals surface area (Å²) in [7, 11) is 1.86. The van der Waals surface area contributed by atoms with Gasteiger partial charge < -0.3 is 15.4 Å². The summed E-state index contributed by atoms with van der Waals surface area (Å²) in [6, 6.07) is 13.3. The fraction of sp³-hybridized carbons (Fsp3) is 0.344. The van der Waals surface area contributed by atoms with Crippen LogP contribution in [0.2, 0.25) is 0 Å². The number of benzene rings is 1. The Kier molecular flexibility index (Phi) is 7.26. The van der Waals surface area contributed by atoms with E-state index in [1.807, 2.05) is 54.1 Å². The molecule has 0 saturated heterocycles. The molecule has 1 aromatic carbocycles. The number of imidazole rings is 1. The molecule has 3 heterocycles. The number of ether oxygens (including phenoxy) is 1. The number of ketones is 1. The normalized spacial score (nSPS) is 16.6. The van der Waals surface area contributed by atoms with Crippen molar-refractivity contribution in [3.63, 3.8) is 0 Å². The summed E-state index contributed by atoms with van der Waals surface area (Å²) in [5.41, 5.74) is 5.59. The van der Waals surface area contributed by atoms with Crippen LogP contribution < -0.4 is 10.6 Å². The van der Waals surface area contributed by atoms with Crippen molar-refractivity contribution >= 4 is 28.6 Å². The van der Waals surface area contributed by atoms with Crippen molar-refractivity contribution in [2.45, 2.75) is 51.5 Å². The Hall–Kier alpha value is -4.53. The van der Waals surface area contributed by atoms with E-state index in [4.69, 9.17) is 9.72 Å². The average molecular weight is 551 g/mol. The molecule has 6 rings (SSSR count). The summed E-state index contributed by atoms with van der Waals surface area (Å²) in [6.07, 6.45) is 12.3. The van der Waals surface area contributed by atoms with Crippen molar-refractivity contribution in [3.05, 3.63) is 78.4 Å². The molecule has 9 nitrogen and oxygen atoms in total. The minimum absolute atomic E-state index is 0.180. The van der Waals surface area contributed by atoms with Crippen LogP contribution in [0.5, 0.6) is 0 Å². The molecule has 210 valence electrons. The Morgan fingerprint density at radius 1 is 1.12 bits per heavy atom. The third kappa shape index (κ3) is 4.96. The number of fused-ring (bicyclic) bond motifs is 1. The smallest absolute Gasteiger partial charge is 0.328 e. The zero-order valence-electron chi connectivity index (χ0n) is 23.4. The summed E-state index contributed by atoms with van der Waals surface area (Å²) in [6.45, 7) is 2.10. The van der Waals surface area contributed by atoms with Crippen LogP contribution >= 0.6 is 0 Å². The van der Waals surface area contributed by atoms with Crippen LogP contribution in [-0.4, -0.2) is 51.0 Å². The largest absolute Gasteiger partial charge is 0.464 e. The number of rotatable bonds is 9. The number of aromatic nitrogens is 4. The zero-order chi connectivity index (χ0) is 28.4. The number of carbonyl (C=O) groups excluding carboxylic acids is 2. The summed E-state index contributed by atoms with van der Waals surface area (Å²) in [4.78, 5) is 39.5. The van der Waals surface area contributed by atoms with E-state index in [1.165, 1.54) is 0 Å². The molecule has 3 aromatic heterocycles. The second-order valence-electron chi connectivity index (χ2n) is 10.7. The number of nitrogens with one attached hydrogen (secondary N) is 2. The summed E-state index contributed by atoms with van der Waals surface area (Å²) < 4.78 is 7.44. The molecular formula is C32H34N6O3. The number of esters is 1. The summed E-state index contributed by atoms with van der Waals surface area (Å²) >= 11 is 0. The van der Waals surface area contributed by atoms with Crippen LogP contribution in [0.15, 0.2) is 72.8 Å². The van der Waals surface area contributed by atoms with Gasteiger partial charge in [-0.1, -0.05) is 31.4 Å². The second-order valence-corrected chi connectivity index (χ2v) is 10.7. The van der Waals surface area contributed by atoms with E-state index in [0.717, 1.165) is 77.3 Å². The van der Waals surface area contributed by atoms with Crippen LogP contribution in [0, 0.1) is 5.41 Å². The summed E-state index contributed by atoms with van der Waals surface area (Å²) in [5.74, 6) is 0.604. The molecule has 9 heteroatoms. The van der Waals surface area contributed by atoms with E-state index < -0.39 is 11.5 Å². The molecule has 2 N–H and O–H groups in total. The van der Waals surface area contributed by atoms with Gasteiger partial charge in [-0.2, -0.15) is 0 Å². The Bertz CT molecular complexity index is 1620. The van der Waals surface area contributed by atoms with Crippen molar-refractivity contribution < 1.29 is 14.3 Å². The SMILES string of the molecule is CCOC(=O)[C@H](Cc1ccc(-n2c(-c3cncc(NC)c3)nc3cccnc32)cc1)NC1=CC(=O)C12CCCCC2. The second kappa shape index (κ2) is 11.2. The number of pyridine rings is 2. The average Bonchev–Trinajstić information content (AvgIpc) is 3.41. The maximum Gasteiger partial charge on any atom is 0.328 e. The van der Waals surface area contributed by atoms with Crippen molar-refractivity contribution in [3.8, 4) is 17.1 Å². The Morgan fingerprint density at radius 3 is 2.66 bits per heavy atom. The van der Waals surface area contributed by atoms with Gasteiger partial charge in [0.15, 0.2) is 11.4 Å². The molecule has 4 aromatic rings. The highest BCUT2D eigenvalue weighted by molar-refractivity contribution is 6.05. The molecule has 41 heavy (non-hydrogen) atoms. The first-order chi connectivity index (χ1) is 20.0. The number of anilines is 1. The monoisotopic (exact) mass is 550 g/mol. The highest BCUT2D eigenvalue weighted by atomic mass is 16.5. The quantitative estimate of drug-likeness (QED) is 0.280. The van der Waals surface area contributed by atoms with Crippen LogP contribution in [0.1, 0.15) is 44.6 Å². The van der Waals surface area contributed by atoms with Gasteiger partial charge in [-0.25, -0.2) is 14.8 Å². The lowest BCUT2D eigenvalue weighted by Gasteiger charge is -2.44. The van der Waals surface area contributed by atoms with Crippen molar-refractivity contribution in [2.75, 3.05) is 19.0 Å². The number of carbonyl (C=O) groups is 2. The highest BCUT2D eigenvalue weighted by Gasteiger charge is 2.49. The number of allylic oxidation sites excluding steroid dienone is 2. The number of nitrogens with zero attached hydrogens (tertiary/aromatic N) is 4. The van der Waals surface area contributed by atoms with Crippen LogP contribution in [0.4, 0.5) is 5.69 Å². The van der Waals surface area contributed by atoms with Crippen molar-refractivity contribution in [2.24, 2.45) is 5.41 Å². The van der Waals surface area contributed by atoms with Crippen molar-refractivity contribution in [1.82, 2.24) is 24.8 Å². The molecule has 2 aliphatic carbocycles. The van der Waals surface area contributed by atoms with Gasteiger partial charge in [0.2, 0.25) is 0 Å². The number of hydrogen-bond acceptors (Lipinski definition) is 8. The first-order valence-corrected chi connectivity index (χ1v) is 14.3. The van der Waals surface area contributed by atoms with E-state index in [0.29, 0.717) is 13.0 Å². The molecular weight excluding hydrogens is 516 g/mol. The van der Waals surface area contributed by atoms with E-state index in [9.17, 15) is 9.59 Å². The van der Waals surface area contributed by atoms with Crippen molar-refractivity contribution in [1.29, 1.82) is 0 Å². The van der Waals surface area contributed by atoms with Gasteiger partial charge in [0.05, 0.1) is 17.7 Å². The lowest BCUT2D eigenvalue weighted by atomic mass is 9.62. The van der Waals surface area contributed by atoms with Gasteiger partial charge in [-0.05, 0) is 55.7 Å². The third-order valence-corrected chi connectivity index (χ3v) is 8.21. The Labute approximate surface area is 239 Å². The maximum absolute atomic E-state index is 13.0. The van der Waals surface area contributed by atoms with Gasteiger partial charge in [0.25, 0.3) is 0 Å². The molecule has 0 bridgehead atoms. The van der Waals surface area contributed by atoms with Crippen LogP contribution in [0.3, 0.4) is 0 Å². The number of hydrogen-bond donors (Lipinski definition) is 2. The topological polar surface area (TPSA) is 111 Å². The molecule has 1 spiro atoms. The van der Waals surface area contributed by atoms with E-state index in [1.54, 1.807) is 31.6 Å². The van der Waals surface area contributed by atoms with Gasteiger partial charge in [-0.3, -0.25) is 14.3 Å². The molecule has 0 radical (unpaired) electrons. The Balaban J connectivity index is 1.29. The van der Waals surface area contributed by atoms with Gasteiger partial charge >= 0.3 is 5.97 Å². The first-order valence-electron chi connectivity index (χ1n) is 14.3. The van der Waals surface area contributed by atoms with Gasteiger partial charge in [0.1, 0.15) is 17.4 Å². The predicted octanol–water partition coefficient (Wildman–Crippen LogP) is 5.01. The fourth-order valence-electron chi connectivity index (χ4n) is 6.00. The predicted molar refractivity (Wildman–Crippen MR) is 158 cm³/mol.